The smallest absolute Gasteiger partial charge is 0.409 e. The first kappa shape index (κ1) is 15.6. The van der Waals surface area contributed by atoms with E-state index in [1.165, 1.54) is 6.07 Å². The van der Waals surface area contributed by atoms with Crippen molar-refractivity contribution in [2.24, 2.45) is 16.3 Å². The molecule has 116 valence electrons. The second-order valence-corrected chi connectivity index (χ2v) is 5.57. The standard InChI is InChI=1S/C14H18F3N3O/c15-14(16,17)11-3-1-2-10(6-11)8-19-9-13(4-5-13)7-12(18)20-21/h1-3,6,19,21H,4-5,7-9H2,(H2,18,20). The first-order valence-electron chi connectivity index (χ1n) is 6.68. The molecule has 1 aliphatic rings. The van der Waals surface area contributed by atoms with Gasteiger partial charge >= 0.3 is 6.18 Å². The zero-order valence-corrected chi connectivity index (χ0v) is 11.5. The number of nitrogens with zero attached hydrogens (tertiary/aromatic N) is 1. The monoisotopic (exact) mass is 301 g/mol. The van der Waals surface area contributed by atoms with E-state index in [2.05, 4.69) is 10.5 Å². The Kier molecular flexibility index (Phi) is 4.41. The summed E-state index contributed by atoms with van der Waals surface area (Å²) < 4.78 is 37.8. The van der Waals surface area contributed by atoms with Crippen LogP contribution in [0.5, 0.6) is 0 Å². The Morgan fingerprint density at radius 1 is 1.38 bits per heavy atom. The number of hydrogen-bond acceptors (Lipinski definition) is 3. The predicted octanol–water partition coefficient (Wildman–Crippen LogP) is 2.71. The Bertz CT molecular complexity index is 524. The highest BCUT2D eigenvalue weighted by Gasteiger charge is 2.42. The number of oxime groups is 1. The molecule has 1 saturated carbocycles. The fraction of sp³-hybridized carbons (Fsp3) is 0.500. The number of hydrogen-bond donors (Lipinski definition) is 3. The Hall–Kier alpha value is -1.76. The average Bonchev–Trinajstić information content (AvgIpc) is 3.18. The fourth-order valence-electron chi connectivity index (χ4n) is 2.34. The van der Waals surface area contributed by atoms with E-state index in [0.29, 0.717) is 25.1 Å². The minimum absolute atomic E-state index is 0.0159. The van der Waals surface area contributed by atoms with Crippen LogP contribution in [-0.2, 0) is 12.7 Å². The zero-order valence-electron chi connectivity index (χ0n) is 11.5. The van der Waals surface area contributed by atoms with Gasteiger partial charge in [0.2, 0.25) is 0 Å². The third-order valence-electron chi connectivity index (χ3n) is 3.73. The summed E-state index contributed by atoms with van der Waals surface area (Å²) in [6, 6.07) is 5.27. The number of benzene rings is 1. The van der Waals surface area contributed by atoms with E-state index in [1.54, 1.807) is 6.07 Å². The molecular formula is C14H18F3N3O. The van der Waals surface area contributed by atoms with Crippen LogP contribution in [0.15, 0.2) is 29.4 Å². The highest BCUT2D eigenvalue weighted by atomic mass is 19.4. The molecular weight excluding hydrogens is 283 g/mol. The van der Waals surface area contributed by atoms with Gasteiger partial charge < -0.3 is 16.3 Å². The molecule has 0 atom stereocenters. The molecule has 21 heavy (non-hydrogen) atoms. The van der Waals surface area contributed by atoms with E-state index in [9.17, 15) is 13.2 Å². The van der Waals surface area contributed by atoms with Crippen molar-refractivity contribution in [1.29, 1.82) is 0 Å². The minimum atomic E-state index is -4.32. The Labute approximate surface area is 120 Å². The first-order chi connectivity index (χ1) is 9.85. The summed E-state index contributed by atoms with van der Waals surface area (Å²) >= 11 is 0. The van der Waals surface area contributed by atoms with Gasteiger partial charge in [-0.05, 0) is 29.9 Å². The Balaban J connectivity index is 1.87. The summed E-state index contributed by atoms with van der Waals surface area (Å²) in [4.78, 5) is 0. The fourth-order valence-corrected chi connectivity index (χ4v) is 2.34. The lowest BCUT2D eigenvalue weighted by atomic mass is 10.0. The second-order valence-electron chi connectivity index (χ2n) is 5.57. The van der Waals surface area contributed by atoms with Crippen molar-refractivity contribution < 1.29 is 18.4 Å². The number of nitrogens with two attached hydrogens (primary N) is 1. The molecule has 0 spiro atoms. The average molecular weight is 301 g/mol. The van der Waals surface area contributed by atoms with Crippen LogP contribution >= 0.6 is 0 Å². The van der Waals surface area contributed by atoms with Crippen molar-refractivity contribution in [3.8, 4) is 0 Å². The van der Waals surface area contributed by atoms with Gasteiger partial charge in [0.25, 0.3) is 0 Å². The van der Waals surface area contributed by atoms with Crippen LogP contribution in [0.3, 0.4) is 0 Å². The highest BCUT2D eigenvalue weighted by Crippen LogP contribution is 2.48. The zero-order chi connectivity index (χ0) is 15.5. The maximum atomic E-state index is 12.6. The maximum absolute atomic E-state index is 12.6. The number of nitrogens with one attached hydrogen (secondary N) is 1. The van der Waals surface area contributed by atoms with E-state index in [1.807, 2.05) is 0 Å². The minimum Gasteiger partial charge on any atom is -0.409 e. The largest absolute Gasteiger partial charge is 0.416 e. The molecule has 0 saturated heterocycles. The van der Waals surface area contributed by atoms with Gasteiger partial charge in [-0.15, -0.1) is 0 Å². The SMILES string of the molecule is NC(CC1(CNCc2cccc(C(F)(F)F)c2)CC1)=NO. The van der Waals surface area contributed by atoms with Crippen LogP contribution < -0.4 is 11.1 Å². The third kappa shape index (κ3) is 4.35. The number of alkyl halides is 3. The van der Waals surface area contributed by atoms with Crippen LogP contribution in [0, 0.1) is 5.41 Å². The lowest BCUT2D eigenvalue weighted by Gasteiger charge is -2.15. The van der Waals surface area contributed by atoms with Gasteiger partial charge in [0.05, 0.1) is 5.56 Å². The van der Waals surface area contributed by atoms with Gasteiger partial charge in [-0.2, -0.15) is 13.2 Å². The normalized spacial score (nSPS) is 17.8. The van der Waals surface area contributed by atoms with E-state index in [4.69, 9.17) is 10.9 Å². The van der Waals surface area contributed by atoms with E-state index in [0.717, 1.165) is 25.0 Å². The molecule has 0 aromatic heterocycles. The van der Waals surface area contributed by atoms with Gasteiger partial charge in [0, 0.05) is 19.5 Å². The summed E-state index contributed by atoms with van der Waals surface area (Å²) in [6.07, 6.45) is -1.88. The highest BCUT2D eigenvalue weighted by molar-refractivity contribution is 5.80. The molecule has 0 bridgehead atoms. The van der Waals surface area contributed by atoms with Gasteiger partial charge in [-0.1, -0.05) is 23.4 Å². The lowest BCUT2D eigenvalue weighted by Crippen LogP contribution is -2.28. The van der Waals surface area contributed by atoms with Gasteiger partial charge in [0.1, 0.15) is 5.84 Å². The number of halogens is 3. The van der Waals surface area contributed by atoms with Crippen LogP contribution in [0.1, 0.15) is 30.4 Å². The maximum Gasteiger partial charge on any atom is 0.416 e. The molecule has 1 aromatic carbocycles. The summed E-state index contributed by atoms with van der Waals surface area (Å²) in [6.45, 7) is 1.00. The van der Waals surface area contributed by atoms with Crippen LogP contribution in [0.25, 0.3) is 0 Å². The molecule has 0 heterocycles. The van der Waals surface area contributed by atoms with Gasteiger partial charge in [-0.25, -0.2) is 0 Å². The second kappa shape index (κ2) is 5.93. The van der Waals surface area contributed by atoms with Crippen LogP contribution in [0.2, 0.25) is 0 Å². The molecule has 1 fully saturated rings. The molecule has 4 N–H and O–H groups in total. The van der Waals surface area contributed by atoms with Crippen LogP contribution in [-0.4, -0.2) is 17.6 Å². The van der Waals surface area contributed by atoms with Crippen molar-refractivity contribution in [3.05, 3.63) is 35.4 Å². The molecule has 7 heteroatoms. The van der Waals surface area contributed by atoms with Crippen LogP contribution in [0.4, 0.5) is 13.2 Å². The van der Waals surface area contributed by atoms with Crippen molar-refractivity contribution in [2.75, 3.05) is 6.54 Å². The molecule has 0 amide bonds. The Morgan fingerprint density at radius 2 is 2.10 bits per heavy atom. The molecule has 4 nitrogen and oxygen atoms in total. The van der Waals surface area contributed by atoms with Crippen molar-refractivity contribution >= 4 is 5.84 Å². The van der Waals surface area contributed by atoms with E-state index >= 15 is 0 Å². The summed E-state index contributed by atoms with van der Waals surface area (Å²) in [5.41, 5.74) is 5.43. The predicted molar refractivity (Wildman–Crippen MR) is 72.8 cm³/mol. The third-order valence-corrected chi connectivity index (χ3v) is 3.73. The van der Waals surface area contributed by atoms with E-state index < -0.39 is 11.7 Å². The molecule has 0 unspecified atom stereocenters. The molecule has 2 rings (SSSR count). The van der Waals surface area contributed by atoms with Crippen molar-refractivity contribution in [3.63, 3.8) is 0 Å². The van der Waals surface area contributed by atoms with Gasteiger partial charge in [-0.3, -0.25) is 0 Å². The van der Waals surface area contributed by atoms with E-state index in [-0.39, 0.29) is 11.3 Å². The lowest BCUT2D eigenvalue weighted by molar-refractivity contribution is -0.137. The van der Waals surface area contributed by atoms with Crippen molar-refractivity contribution in [2.45, 2.75) is 32.0 Å². The summed E-state index contributed by atoms with van der Waals surface area (Å²) in [5.74, 6) is 0.188. The van der Waals surface area contributed by atoms with Crippen molar-refractivity contribution in [1.82, 2.24) is 5.32 Å². The molecule has 0 aliphatic heterocycles. The molecule has 0 radical (unpaired) electrons. The summed E-state index contributed by atoms with van der Waals surface area (Å²) in [5, 5.41) is 14.7. The molecule has 1 aromatic rings. The molecule has 1 aliphatic carbocycles. The number of amidine groups is 1. The number of rotatable bonds is 6. The summed E-state index contributed by atoms with van der Waals surface area (Å²) in [7, 11) is 0. The van der Waals surface area contributed by atoms with Gasteiger partial charge in [0.15, 0.2) is 0 Å². The quantitative estimate of drug-likeness (QED) is 0.327. The first-order valence-corrected chi connectivity index (χ1v) is 6.68. The Morgan fingerprint density at radius 3 is 2.67 bits per heavy atom. The topological polar surface area (TPSA) is 70.6 Å².